The van der Waals surface area contributed by atoms with Crippen LogP contribution in [0, 0.1) is 34.5 Å². The topological polar surface area (TPSA) is 70.7 Å². The van der Waals surface area contributed by atoms with Crippen LogP contribution in [0.25, 0.3) is 0 Å². The molecular weight excluding hydrogens is 250 g/mol. The molecule has 2 aliphatic carbocycles. The van der Waals surface area contributed by atoms with Crippen LogP contribution < -0.4 is 0 Å². The average Bonchev–Trinajstić information content (AvgIpc) is 2.68. The van der Waals surface area contributed by atoms with Gasteiger partial charge in [0, 0.05) is 0 Å². The Morgan fingerprint density at radius 1 is 0.750 bits per heavy atom. The molecule has 2 spiro atoms. The molecule has 20 heavy (non-hydrogen) atoms. The van der Waals surface area contributed by atoms with Gasteiger partial charge in [0.1, 0.15) is 0 Å². The maximum Gasteiger partial charge on any atom is 0.0848 e. The maximum absolute atomic E-state index is 13.2. The van der Waals surface area contributed by atoms with E-state index in [1.165, 1.54) is 5.06 Å². The monoisotopic (exact) mass is 272 g/mol. The molecule has 0 aromatic heterocycles. The van der Waals surface area contributed by atoms with Crippen LogP contribution in [-0.2, 0) is 5.21 Å². The molecular formula is C16H22N3O. The molecule has 4 heteroatoms. The van der Waals surface area contributed by atoms with Crippen molar-refractivity contribution in [3.05, 3.63) is 0 Å². The Kier molecular flexibility index (Phi) is 3.48. The van der Waals surface area contributed by atoms with Gasteiger partial charge in [0.25, 0.3) is 0 Å². The molecule has 3 fully saturated rings. The molecule has 0 amide bonds. The Morgan fingerprint density at radius 3 is 1.40 bits per heavy atom. The van der Waals surface area contributed by atoms with Crippen LogP contribution in [0.3, 0.4) is 0 Å². The summed E-state index contributed by atoms with van der Waals surface area (Å²) in [7, 11) is 0. The molecule has 2 atom stereocenters. The SMILES string of the molecule is N#C[C@H]1[C@H](C#N)C2(CCCCC2)N([O])C12CCCCC2. The minimum atomic E-state index is -0.565. The summed E-state index contributed by atoms with van der Waals surface area (Å²) in [4.78, 5) is 0. The summed E-state index contributed by atoms with van der Waals surface area (Å²) in [5, 5.41) is 33.8. The van der Waals surface area contributed by atoms with E-state index in [0.29, 0.717) is 0 Å². The molecule has 2 saturated carbocycles. The summed E-state index contributed by atoms with van der Waals surface area (Å²) >= 11 is 0. The van der Waals surface area contributed by atoms with Crippen LogP contribution in [0.2, 0.25) is 0 Å². The van der Waals surface area contributed by atoms with Crippen molar-refractivity contribution in [2.75, 3.05) is 0 Å². The first-order valence-corrected chi connectivity index (χ1v) is 7.98. The summed E-state index contributed by atoms with van der Waals surface area (Å²) in [6.45, 7) is 0. The molecule has 0 bridgehead atoms. The highest BCUT2D eigenvalue weighted by atomic mass is 16.5. The lowest BCUT2D eigenvalue weighted by atomic mass is 9.68. The molecule has 1 aliphatic heterocycles. The van der Waals surface area contributed by atoms with Gasteiger partial charge in [0.15, 0.2) is 0 Å². The van der Waals surface area contributed by atoms with Crippen molar-refractivity contribution in [1.82, 2.24) is 5.06 Å². The first-order valence-electron chi connectivity index (χ1n) is 7.98. The minimum Gasteiger partial charge on any atom is -0.198 e. The predicted octanol–water partition coefficient (Wildman–Crippen LogP) is 3.33. The molecule has 1 heterocycles. The summed E-state index contributed by atoms with van der Waals surface area (Å²) in [5.41, 5.74) is -1.13. The minimum absolute atomic E-state index is 0.400. The molecule has 3 rings (SSSR count). The van der Waals surface area contributed by atoms with E-state index in [4.69, 9.17) is 0 Å². The molecule has 4 nitrogen and oxygen atoms in total. The standard InChI is InChI=1S/C16H22N3O/c17-11-13-14(12-18)16(9-5-2-6-10-16)19(20)15(13)7-3-1-4-8-15/h13-14H,1-10H2/t13-,14-/m0/s1. The largest absolute Gasteiger partial charge is 0.198 e. The number of hydrogen-bond acceptors (Lipinski definition) is 3. The van der Waals surface area contributed by atoms with E-state index in [1.807, 2.05) is 0 Å². The Morgan fingerprint density at radius 2 is 1.10 bits per heavy atom. The van der Waals surface area contributed by atoms with Gasteiger partial charge in [-0.15, -0.1) is 10.3 Å². The summed E-state index contributed by atoms with van der Waals surface area (Å²) < 4.78 is 0. The Balaban J connectivity index is 2.04. The second-order valence-corrected chi connectivity index (χ2v) is 6.84. The highest BCUT2D eigenvalue weighted by molar-refractivity contribution is 5.25. The zero-order chi connectivity index (χ0) is 14.2. The maximum atomic E-state index is 13.2. The zero-order valence-electron chi connectivity index (χ0n) is 12.0. The van der Waals surface area contributed by atoms with Crippen molar-refractivity contribution in [1.29, 1.82) is 10.5 Å². The van der Waals surface area contributed by atoms with Crippen molar-refractivity contribution in [3.63, 3.8) is 0 Å². The highest BCUT2D eigenvalue weighted by Crippen LogP contribution is 2.58. The smallest absolute Gasteiger partial charge is 0.0848 e. The third-order valence-corrected chi connectivity index (χ3v) is 6.02. The van der Waals surface area contributed by atoms with Gasteiger partial charge in [0.05, 0.1) is 35.1 Å². The van der Waals surface area contributed by atoms with E-state index in [2.05, 4.69) is 12.1 Å². The van der Waals surface area contributed by atoms with E-state index in [0.717, 1.165) is 64.2 Å². The van der Waals surface area contributed by atoms with Gasteiger partial charge in [-0.3, -0.25) is 0 Å². The van der Waals surface area contributed by atoms with Crippen LogP contribution in [0.15, 0.2) is 0 Å². The molecule has 1 saturated heterocycles. The van der Waals surface area contributed by atoms with E-state index in [1.54, 1.807) is 0 Å². The average molecular weight is 272 g/mol. The fraction of sp³-hybridized carbons (Fsp3) is 0.875. The second kappa shape index (κ2) is 5.02. The van der Waals surface area contributed by atoms with Crippen LogP contribution in [0.4, 0.5) is 0 Å². The molecule has 1 radical (unpaired) electrons. The fourth-order valence-corrected chi connectivity index (χ4v) is 5.06. The predicted molar refractivity (Wildman–Crippen MR) is 72.4 cm³/mol. The van der Waals surface area contributed by atoms with Crippen molar-refractivity contribution >= 4 is 0 Å². The quantitative estimate of drug-likeness (QED) is 0.679. The van der Waals surface area contributed by atoms with Crippen LogP contribution in [0.5, 0.6) is 0 Å². The lowest BCUT2D eigenvalue weighted by Crippen LogP contribution is -2.54. The number of nitrogens with zero attached hydrogens (tertiary/aromatic N) is 3. The molecule has 107 valence electrons. The Bertz CT molecular complexity index is 407. The third kappa shape index (κ3) is 1.65. The van der Waals surface area contributed by atoms with Crippen LogP contribution in [-0.4, -0.2) is 16.1 Å². The van der Waals surface area contributed by atoms with E-state index < -0.39 is 22.9 Å². The van der Waals surface area contributed by atoms with Crippen molar-refractivity contribution < 1.29 is 5.21 Å². The molecule has 0 N–H and O–H groups in total. The van der Waals surface area contributed by atoms with Gasteiger partial charge < -0.3 is 0 Å². The molecule has 0 unspecified atom stereocenters. The van der Waals surface area contributed by atoms with Gasteiger partial charge >= 0.3 is 0 Å². The summed E-state index contributed by atoms with van der Waals surface area (Å²) in [6.07, 6.45) is 9.58. The number of rotatable bonds is 0. The van der Waals surface area contributed by atoms with E-state index in [9.17, 15) is 15.7 Å². The molecule has 3 aliphatic rings. The van der Waals surface area contributed by atoms with Crippen molar-refractivity contribution in [2.45, 2.75) is 75.3 Å². The number of hydroxylamine groups is 2. The molecule has 0 aromatic rings. The van der Waals surface area contributed by atoms with Gasteiger partial charge in [-0.2, -0.15) is 10.5 Å². The van der Waals surface area contributed by atoms with Crippen LogP contribution >= 0.6 is 0 Å². The van der Waals surface area contributed by atoms with Gasteiger partial charge in [0.2, 0.25) is 0 Å². The molecule has 0 aromatic carbocycles. The summed E-state index contributed by atoms with van der Waals surface area (Å²) in [5.74, 6) is -0.799. The Hall–Kier alpha value is -1.10. The summed E-state index contributed by atoms with van der Waals surface area (Å²) in [6, 6.07) is 4.73. The zero-order valence-corrected chi connectivity index (χ0v) is 12.0. The first kappa shape index (κ1) is 13.9. The van der Waals surface area contributed by atoms with Crippen molar-refractivity contribution in [2.24, 2.45) is 11.8 Å². The normalized spacial score (nSPS) is 35.8. The van der Waals surface area contributed by atoms with Gasteiger partial charge in [-0.1, -0.05) is 38.5 Å². The highest BCUT2D eigenvalue weighted by Gasteiger charge is 2.67. The van der Waals surface area contributed by atoms with E-state index >= 15 is 0 Å². The van der Waals surface area contributed by atoms with Crippen molar-refractivity contribution in [3.8, 4) is 12.1 Å². The lowest BCUT2D eigenvalue weighted by Gasteiger charge is -2.45. The van der Waals surface area contributed by atoms with Gasteiger partial charge in [-0.25, -0.2) is 0 Å². The Labute approximate surface area is 120 Å². The lowest BCUT2D eigenvalue weighted by molar-refractivity contribution is -0.278. The van der Waals surface area contributed by atoms with Crippen LogP contribution in [0.1, 0.15) is 64.2 Å². The fourth-order valence-electron chi connectivity index (χ4n) is 5.06. The number of hydrogen-bond donors (Lipinski definition) is 0. The van der Waals surface area contributed by atoms with E-state index in [-0.39, 0.29) is 0 Å². The third-order valence-electron chi connectivity index (χ3n) is 6.02. The first-order chi connectivity index (χ1) is 9.71. The number of nitriles is 2. The van der Waals surface area contributed by atoms with Gasteiger partial charge in [-0.05, 0) is 25.7 Å². The second-order valence-electron chi connectivity index (χ2n) is 6.84.